The van der Waals surface area contributed by atoms with Crippen molar-refractivity contribution < 1.29 is 24.6 Å². The van der Waals surface area contributed by atoms with Crippen LogP contribution in [0.4, 0.5) is 0 Å². The third kappa shape index (κ3) is 3.14. The summed E-state index contributed by atoms with van der Waals surface area (Å²) in [6.07, 6.45) is 1.66. The number of hydrogen-bond acceptors (Lipinski definition) is 3. The predicted molar refractivity (Wildman–Crippen MR) is 69.6 cm³/mol. The van der Waals surface area contributed by atoms with Crippen LogP contribution in [0, 0.1) is 5.92 Å². The van der Waals surface area contributed by atoms with Gasteiger partial charge in [-0.2, -0.15) is 0 Å². The molecular weight excluding hydrogens is 262 g/mol. The van der Waals surface area contributed by atoms with Gasteiger partial charge in [0.25, 0.3) is 5.91 Å². The number of carboxylic acids is 2. The first-order valence-electron chi connectivity index (χ1n) is 6.34. The van der Waals surface area contributed by atoms with E-state index in [1.807, 2.05) is 0 Å². The number of carbonyl (C=O) groups excluding carboxylic acids is 1. The predicted octanol–water partition coefficient (Wildman–Crippen LogP) is 1.37. The fourth-order valence-electron chi connectivity index (χ4n) is 2.37. The van der Waals surface area contributed by atoms with Crippen LogP contribution in [0.5, 0.6) is 0 Å². The average molecular weight is 277 g/mol. The third-order valence-electron chi connectivity index (χ3n) is 3.51. The highest BCUT2D eigenvalue weighted by molar-refractivity contribution is 5.96. The first-order valence-corrected chi connectivity index (χ1v) is 6.34. The summed E-state index contributed by atoms with van der Waals surface area (Å²) in [6, 6.07) is 5.49. The molecule has 6 nitrogen and oxygen atoms in total. The van der Waals surface area contributed by atoms with Gasteiger partial charge >= 0.3 is 11.9 Å². The Labute approximate surface area is 115 Å². The van der Waals surface area contributed by atoms with E-state index in [1.165, 1.54) is 24.3 Å². The average Bonchev–Trinajstić information content (AvgIpc) is 2.87. The van der Waals surface area contributed by atoms with Crippen molar-refractivity contribution in [2.45, 2.75) is 25.3 Å². The Bertz CT molecular complexity index is 537. The minimum Gasteiger partial charge on any atom is -0.481 e. The summed E-state index contributed by atoms with van der Waals surface area (Å²) < 4.78 is 0. The van der Waals surface area contributed by atoms with E-state index in [1.54, 1.807) is 0 Å². The molecular formula is C14H15NO5. The lowest BCUT2D eigenvalue weighted by Gasteiger charge is -2.12. The number of amides is 1. The second-order valence-electron chi connectivity index (χ2n) is 4.90. The van der Waals surface area contributed by atoms with Crippen LogP contribution >= 0.6 is 0 Å². The van der Waals surface area contributed by atoms with Crippen LogP contribution in [-0.4, -0.2) is 34.1 Å². The molecule has 1 amide bonds. The zero-order chi connectivity index (χ0) is 14.7. The van der Waals surface area contributed by atoms with E-state index in [0.717, 1.165) is 0 Å². The largest absolute Gasteiger partial charge is 0.481 e. The topological polar surface area (TPSA) is 104 Å². The Hall–Kier alpha value is -2.37. The number of carbonyl (C=O) groups is 3. The van der Waals surface area contributed by atoms with Crippen molar-refractivity contribution in [3.63, 3.8) is 0 Å². The van der Waals surface area contributed by atoms with Crippen molar-refractivity contribution in [2.24, 2.45) is 5.92 Å². The van der Waals surface area contributed by atoms with Crippen LogP contribution in [0.15, 0.2) is 24.3 Å². The molecule has 0 aromatic heterocycles. The van der Waals surface area contributed by atoms with Gasteiger partial charge in [-0.3, -0.25) is 9.59 Å². The summed E-state index contributed by atoms with van der Waals surface area (Å²) in [5, 5.41) is 20.4. The van der Waals surface area contributed by atoms with Gasteiger partial charge in [-0.05, 0) is 43.5 Å². The molecule has 2 rings (SSSR count). The van der Waals surface area contributed by atoms with Crippen LogP contribution in [0.3, 0.4) is 0 Å². The molecule has 2 atom stereocenters. The molecule has 0 heterocycles. The zero-order valence-electron chi connectivity index (χ0n) is 10.7. The normalized spacial score (nSPS) is 21.4. The zero-order valence-corrected chi connectivity index (χ0v) is 10.7. The minimum atomic E-state index is -1.04. The van der Waals surface area contributed by atoms with Gasteiger partial charge in [0.2, 0.25) is 0 Å². The maximum Gasteiger partial charge on any atom is 0.335 e. The molecule has 0 aliphatic heterocycles. The molecule has 0 bridgehead atoms. The van der Waals surface area contributed by atoms with Crippen molar-refractivity contribution in [3.8, 4) is 0 Å². The third-order valence-corrected chi connectivity index (χ3v) is 3.51. The van der Waals surface area contributed by atoms with Gasteiger partial charge in [-0.25, -0.2) is 4.79 Å². The van der Waals surface area contributed by atoms with Crippen molar-refractivity contribution in [3.05, 3.63) is 35.4 Å². The Balaban J connectivity index is 1.95. The molecule has 1 fully saturated rings. The second kappa shape index (κ2) is 5.73. The van der Waals surface area contributed by atoms with E-state index in [4.69, 9.17) is 10.2 Å². The minimum absolute atomic E-state index is 0.119. The standard InChI is InChI=1S/C14H15NO5/c16-12(8-1-3-9(4-2-8)13(17)18)15-11-6-5-10(7-11)14(19)20/h1-4,10-11H,5-7H2,(H,15,16)(H,17,18)(H,19,20)/t10-,11+/m1/s1. The summed E-state index contributed by atoms with van der Waals surface area (Å²) in [5.74, 6) is -2.57. The molecule has 1 aromatic carbocycles. The quantitative estimate of drug-likeness (QED) is 0.771. The lowest BCUT2D eigenvalue weighted by atomic mass is 10.1. The van der Waals surface area contributed by atoms with Crippen LogP contribution in [-0.2, 0) is 4.79 Å². The van der Waals surface area contributed by atoms with Crippen LogP contribution < -0.4 is 5.32 Å². The Morgan fingerprint density at radius 2 is 1.60 bits per heavy atom. The van der Waals surface area contributed by atoms with Crippen molar-refractivity contribution in [2.75, 3.05) is 0 Å². The molecule has 20 heavy (non-hydrogen) atoms. The molecule has 3 N–H and O–H groups in total. The molecule has 1 aromatic rings. The molecule has 106 valence electrons. The lowest BCUT2D eigenvalue weighted by molar-refractivity contribution is -0.141. The first kappa shape index (κ1) is 14.0. The van der Waals surface area contributed by atoms with Gasteiger partial charge in [0, 0.05) is 11.6 Å². The van der Waals surface area contributed by atoms with Gasteiger partial charge in [-0.1, -0.05) is 0 Å². The van der Waals surface area contributed by atoms with Gasteiger partial charge < -0.3 is 15.5 Å². The van der Waals surface area contributed by atoms with Crippen molar-refractivity contribution in [1.29, 1.82) is 0 Å². The lowest BCUT2D eigenvalue weighted by Crippen LogP contribution is -2.33. The molecule has 0 radical (unpaired) electrons. The maximum absolute atomic E-state index is 12.0. The Morgan fingerprint density at radius 3 is 2.10 bits per heavy atom. The summed E-state index contributed by atoms with van der Waals surface area (Å²) in [5.41, 5.74) is 0.488. The summed E-state index contributed by atoms with van der Waals surface area (Å²) in [7, 11) is 0. The molecule has 0 saturated heterocycles. The fraction of sp³-hybridized carbons (Fsp3) is 0.357. The van der Waals surface area contributed by atoms with Gasteiger partial charge in [0.1, 0.15) is 0 Å². The van der Waals surface area contributed by atoms with Crippen molar-refractivity contribution >= 4 is 17.8 Å². The molecule has 1 aliphatic rings. The number of hydrogen-bond donors (Lipinski definition) is 3. The monoisotopic (exact) mass is 277 g/mol. The first-order chi connectivity index (χ1) is 9.47. The summed E-state index contributed by atoms with van der Waals surface area (Å²) in [4.78, 5) is 33.5. The van der Waals surface area contributed by atoms with Gasteiger partial charge in [0.15, 0.2) is 0 Å². The second-order valence-corrected chi connectivity index (χ2v) is 4.90. The molecule has 1 saturated carbocycles. The molecule has 0 spiro atoms. The number of aromatic carboxylic acids is 1. The van der Waals surface area contributed by atoms with Crippen molar-refractivity contribution in [1.82, 2.24) is 5.32 Å². The smallest absolute Gasteiger partial charge is 0.335 e. The summed E-state index contributed by atoms with van der Waals surface area (Å²) in [6.45, 7) is 0. The highest BCUT2D eigenvalue weighted by atomic mass is 16.4. The number of carboxylic acid groups (broad SMARTS) is 2. The van der Waals surface area contributed by atoms with Crippen LogP contribution in [0.2, 0.25) is 0 Å². The summed E-state index contributed by atoms with van der Waals surface area (Å²) >= 11 is 0. The number of aliphatic carboxylic acids is 1. The highest BCUT2D eigenvalue weighted by Crippen LogP contribution is 2.25. The number of benzene rings is 1. The van der Waals surface area contributed by atoms with Gasteiger partial charge in [0.05, 0.1) is 11.5 Å². The fourth-order valence-corrected chi connectivity index (χ4v) is 2.37. The SMILES string of the molecule is O=C(O)c1ccc(C(=O)N[C@H]2CC[C@@H](C(=O)O)C2)cc1. The van der Waals surface area contributed by atoms with E-state index < -0.39 is 17.9 Å². The number of rotatable bonds is 4. The van der Waals surface area contributed by atoms with E-state index in [-0.39, 0.29) is 17.5 Å². The van der Waals surface area contributed by atoms with E-state index in [9.17, 15) is 14.4 Å². The van der Waals surface area contributed by atoms with E-state index >= 15 is 0 Å². The van der Waals surface area contributed by atoms with E-state index in [0.29, 0.717) is 24.8 Å². The van der Waals surface area contributed by atoms with E-state index in [2.05, 4.69) is 5.32 Å². The van der Waals surface area contributed by atoms with Gasteiger partial charge in [-0.15, -0.1) is 0 Å². The van der Waals surface area contributed by atoms with Crippen LogP contribution in [0.25, 0.3) is 0 Å². The highest BCUT2D eigenvalue weighted by Gasteiger charge is 2.30. The maximum atomic E-state index is 12.0. The Morgan fingerprint density at radius 1 is 1.00 bits per heavy atom. The molecule has 0 unspecified atom stereocenters. The number of nitrogens with one attached hydrogen (secondary N) is 1. The molecule has 1 aliphatic carbocycles. The van der Waals surface area contributed by atoms with Crippen LogP contribution in [0.1, 0.15) is 40.0 Å². The Kier molecular flexibility index (Phi) is 4.02. The molecule has 6 heteroatoms.